The van der Waals surface area contributed by atoms with Crippen molar-refractivity contribution in [3.05, 3.63) is 35.4 Å². The Morgan fingerprint density at radius 1 is 1.57 bits per heavy atom. The maximum Gasteiger partial charge on any atom is 0.236 e. The summed E-state index contributed by atoms with van der Waals surface area (Å²) >= 11 is 0. The molecule has 1 aromatic carbocycles. The zero-order valence-corrected chi connectivity index (χ0v) is 8.58. The Balaban J connectivity index is 2.50. The molecule has 0 heterocycles. The molecule has 1 aromatic rings. The van der Waals surface area contributed by atoms with Gasteiger partial charge in [0, 0.05) is 6.54 Å². The Morgan fingerprint density at radius 3 is 2.86 bits per heavy atom. The number of rotatable bonds is 3. The lowest BCUT2D eigenvalue weighted by Gasteiger charge is -2.07. The molecule has 0 aliphatic rings. The molecule has 0 aliphatic carbocycles. The molecule has 3 N–H and O–H groups in total. The van der Waals surface area contributed by atoms with Crippen molar-refractivity contribution in [3.63, 3.8) is 0 Å². The van der Waals surface area contributed by atoms with Gasteiger partial charge in [0.1, 0.15) is 0 Å². The maximum atomic E-state index is 11.2. The second-order valence-electron chi connectivity index (χ2n) is 3.50. The molecule has 0 aromatic heterocycles. The number of nitrogens with one attached hydrogen (secondary N) is 1. The van der Waals surface area contributed by atoms with Crippen molar-refractivity contribution in [2.45, 2.75) is 26.4 Å². The highest BCUT2D eigenvalue weighted by Crippen LogP contribution is 2.02. The van der Waals surface area contributed by atoms with Crippen LogP contribution in [0.4, 0.5) is 0 Å². The van der Waals surface area contributed by atoms with E-state index in [0.29, 0.717) is 6.54 Å². The van der Waals surface area contributed by atoms with Crippen molar-refractivity contribution in [2.24, 2.45) is 5.73 Å². The highest BCUT2D eigenvalue weighted by atomic mass is 16.2. The van der Waals surface area contributed by atoms with Gasteiger partial charge in [-0.05, 0) is 19.4 Å². The van der Waals surface area contributed by atoms with Crippen LogP contribution < -0.4 is 11.1 Å². The fourth-order valence-electron chi connectivity index (χ4n) is 1.17. The quantitative estimate of drug-likeness (QED) is 0.749. The monoisotopic (exact) mass is 192 g/mol. The molecule has 3 heteroatoms. The minimum Gasteiger partial charge on any atom is -0.351 e. The summed E-state index contributed by atoms with van der Waals surface area (Å²) in [6.45, 7) is 4.24. The van der Waals surface area contributed by atoms with Crippen LogP contribution in [0.1, 0.15) is 18.1 Å². The summed E-state index contributed by atoms with van der Waals surface area (Å²) in [4.78, 5) is 11.2. The van der Waals surface area contributed by atoms with Gasteiger partial charge in [-0.1, -0.05) is 29.8 Å². The van der Waals surface area contributed by atoms with Crippen LogP contribution in [0.3, 0.4) is 0 Å². The van der Waals surface area contributed by atoms with Crippen molar-refractivity contribution in [2.75, 3.05) is 0 Å². The molecule has 1 amide bonds. The Hall–Kier alpha value is -1.35. The van der Waals surface area contributed by atoms with Gasteiger partial charge in [0.15, 0.2) is 0 Å². The Labute approximate surface area is 84.3 Å². The smallest absolute Gasteiger partial charge is 0.236 e. The van der Waals surface area contributed by atoms with E-state index in [1.807, 2.05) is 31.2 Å². The number of nitrogens with two attached hydrogens (primary N) is 1. The van der Waals surface area contributed by atoms with Crippen LogP contribution in [0.5, 0.6) is 0 Å². The molecule has 0 radical (unpaired) electrons. The van der Waals surface area contributed by atoms with Gasteiger partial charge in [0.2, 0.25) is 5.91 Å². The zero-order chi connectivity index (χ0) is 10.6. The molecule has 3 nitrogen and oxygen atoms in total. The van der Waals surface area contributed by atoms with Crippen molar-refractivity contribution in [3.8, 4) is 0 Å². The summed E-state index contributed by atoms with van der Waals surface area (Å²) in [5.41, 5.74) is 7.71. The third kappa shape index (κ3) is 3.18. The van der Waals surface area contributed by atoms with Gasteiger partial charge in [-0.25, -0.2) is 0 Å². The van der Waals surface area contributed by atoms with Gasteiger partial charge < -0.3 is 11.1 Å². The average Bonchev–Trinajstić information content (AvgIpc) is 2.14. The van der Waals surface area contributed by atoms with Gasteiger partial charge in [0.05, 0.1) is 6.04 Å². The summed E-state index contributed by atoms with van der Waals surface area (Å²) in [6.07, 6.45) is 0. The molecular weight excluding hydrogens is 176 g/mol. The van der Waals surface area contributed by atoms with Crippen LogP contribution in [0.2, 0.25) is 0 Å². The number of hydrogen-bond donors (Lipinski definition) is 2. The van der Waals surface area contributed by atoms with Crippen molar-refractivity contribution >= 4 is 5.91 Å². The van der Waals surface area contributed by atoms with E-state index in [9.17, 15) is 4.79 Å². The van der Waals surface area contributed by atoms with E-state index < -0.39 is 6.04 Å². The fraction of sp³-hybridized carbons (Fsp3) is 0.364. The lowest BCUT2D eigenvalue weighted by atomic mass is 10.1. The molecule has 76 valence electrons. The van der Waals surface area contributed by atoms with Crippen LogP contribution in [0.15, 0.2) is 24.3 Å². The van der Waals surface area contributed by atoms with E-state index in [1.165, 1.54) is 5.56 Å². The second-order valence-corrected chi connectivity index (χ2v) is 3.50. The SMILES string of the molecule is Cc1cccc(CNC(=O)C(C)N)c1. The fourth-order valence-corrected chi connectivity index (χ4v) is 1.17. The molecular formula is C11H16N2O. The minimum atomic E-state index is -0.445. The lowest BCUT2D eigenvalue weighted by Crippen LogP contribution is -2.37. The molecule has 0 aliphatic heterocycles. The second kappa shape index (κ2) is 4.77. The van der Waals surface area contributed by atoms with Crippen molar-refractivity contribution in [1.82, 2.24) is 5.32 Å². The Bertz CT molecular complexity index is 321. The standard InChI is InChI=1S/C11H16N2O/c1-8-4-3-5-10(6-8)7-13-11(14)9(2)12/h3-6,9H,7,12H2,1-2H3,(H,13,14). The summed E-state index contributed by atoms with van der Waals surface area (Å²) in [5, 5.41) is 2.76. The van der Waals surface area contributed by atoms with E-state index in [1.54, 1.807) is 6.92 Å². The highest BCUT2D eigenvalue weighted by Gasteiger charge is 2.05. The number of benzene rings is 1. The van der Waals surface area contributed by atoms with Crippen LogP contribution in [0.25, 0.3) is 0 Å². The number of carbonyl (C=O) groups excluding carboxylic acids is 1. The summed E-state index contributed by atoms with van der Waals surface area (Å²) in [7, 11) is 0. The van der Waals surface area contributed by atoms with E-state index in [0.717, 1.165) is 5.56 Å². The molecule has 14 heavy (non-hydrogen) atoms. The van der Waals surface area contributed by atoms with Gasteiger partial charge in [-0.3, -0.25) is 4.79 Å². The third-order valence-corrected chi connectivity index (χ3v) is 1.96. The number of carbonyl (C=O) groups is 1. The molecule has 0 saturated carbocycles. The van der Waals surface area contributed by atoms with Gasteiger partial charge in [0.25, 0.3) is 0 Å². The first-order valence-corrected chi connectivity index (χ1v) is 4.68. The lowest BCUT2D eigenvalue weighted by molar-refractivity contribution is -0.122. The van der Waals surface area contributed by atoms with E-state index in [4.69, 9.17) is 5.73 Å². The van der Waals surface area contributed by atoms with Crippen LogP contribution in [0, 0.1) is 6.92 Å². The highest BCUT2D eigenvalue weighted by molar-refractivity contribution is 5.80. The van der Waals surface area contributed by atoms with Crippen molar-refractivity contribution in [1.29, 1.82) is 0 Å². The summed E-state index contributed by atoms with van der Waals surface area (Å²) in [5.74, 6) is -0.119. The Kier molecular flexibility index (Phi) is 3.65. The molecule has 1 unspecified atom stereocenters. The predicted octanol–water partition coefficient (Wildman–Crippen LogP) is 0.958. The van der Waals surface area contributed by atoms with Crippen LogP contribution in [-0.2, 0) is 11.3 Å². The summed E-state index contributed by atoms with van der Waals surface area (Å²) in [6, 6.07) is 7.58. The van der Waals surface area contributed by atoms with Crippen LogP contribution in [-0.4, -0.2) is 11.9 Å². The van der Waals surface area contributed by atoms with E-state index in [-0.39, 0.29) is 5.91 Å². The molecule has 0 saturated heterocycles. The normalized spacial score (nSPS) is 12.2. The van der Waals surface area contributed by atoms with Gasteiger partial charge >= 0.3 is 0 Å². The molecule has 1 rings (SSSR count). The minimum absolute atomic E-state index is 0.119. The molecule has 0 spiro atoms. The van der Waals surface area contributed by atoms with E-state index >= 15 is 0 Å². The van der Waals surface area contributed by atoms with Gasteiger partial charge in [-0.2, -0.15) is 0 Å². The first kappa shape index (κ1) is 10.7. The number of amides is 1. The number of aryl methyl sites for hydroxylation is 1. The number of hydrogen-bond acceptors (Lipinski definition) is 2. The first-order valence-electron chi connectivity index (χ1n) is 4.68. The first-order chi connectivity index (χ1) is 6.59. The summed E-state index contributed by atoms with van der Waals surface area (Å²) < 4.78 is 0. The Morgan fingerprint density at radius 2 is 2.29 bits per heavy atom. The topological polar surface area (TPSA) is 55.1 Å². The van der Waals surface area contributed by atoms with Crippen LogP contribution >= 0.6 is 0 Å². The van der Waals surface area contributed by atoms with Gasteiger partial charge in [-0.15, -0.1) is 0 Å². The molecule has 0 fully saturated rings. The average molecular weight is 192 g/mol. The van der Waals surface area contributed by atoms with E-state index in [2.05, 4.69) is 5.32 Å². The largest absolute Gasteiger partial charge is 0.351 e. The zero-order valence-electron chi connectivity index (χ0n) is 8.58. The third-order valence-electron chi connectivity index (χ3n) is 1.96. The van der Waals surface area contributed by atoms with Crippen molar-refractivity contribution < 1.29 is 4.79 Å². The molecule has 1 atom stereocenters. The molecule has 0 bridgehead atoms. The maximum absolute atomic E-state index is 11.2. The predicted molar refractivity (Wildman–Crippen MR) is 56.7 cm³/mol.